The van der Waals surface area contributed by atoms with Gasteiger partial charge in [-0.3, -0.25) is 0 Å². The van der Waals surface area contributed by atoms with E-state index in [1.807, 2.05) is 6.92 Å². The van der Waals surface area contributed by atoms with Crippen molar-refractivity contribution in [3.63, 3.8) is 0 Å². The van der Waals surface area contributed by atoms with Crippen molar-refractivity contribution in [2.75, 3.05) is 0 Å². The molecule has 172 valence electrons. The molecule has 2 aromatic carbocycles. The molecule has 0 spiro atoms. The number of ether oxygens (including phenoxy) is 1. The first-order valence-electron chi connectivity index (χ1n) is 10.6. The standard InChI is InChI=1S/C25H26F2N4O2/c1-24(2,3)33-23(32)31-25(4,12-16-13-28-20-11-18(27)9-10-19(16)20)22-29-14-21(30-22)15-5-7-17(26)8-6-15/h5-11,13-14,28H,12H2,1-4H3,(H,29,30)(H,31,32)/t25-/m1/s1. The lowest BCUT2D eigenvalue weighted by atomic mass is 9.91. The van der Waals surface area contributed by atoms with Crippen molar-refractivity contribution >= 4 is 17.0 Å². The maximum atomic E-state index is 13.6. The molecule has 0 unspecified atom stereocenters. The number of nitrogens with one attached hydrogen (secondary N) is 3. The zero-order valence-electron chi connectivity index (χ0n) is 18.9. The highest BCUT2D eigenvalue weighted by Crippen LogP contribution is 2.30. The third kappa shape index (κ3) is 5.05. The van der Waals surface area contributed by atoms with Gasteiger partial charge in [0.1, 0.15) is 28.6 Å². The van der Waals surface area contributed by atoms with Crippen molar-refractivity contribution in [2.45, 2.75) is 45.3 Å². The molecule has 2 aromatic heterocycles. The molecule has 0 saturated heterocycles. The van der Waals surface area contributed by atoms with E-state index in [0.29, 0.717) is 23.5 Å². The number of aromatic nitrogens is 3. The first-order chi connectivity index (χ1) is 15.5. The number of carbonyl (C=O) groups is 1. The van der Waals surface area contributed by atoms with Crippen LogP contribution in [0.2, 0.25) is 0 Å². The number of halogens is 2. The Labute approximate surface area is 190 Å². The van der Waals surface area contributed by atoms with Crippen molar-refractivity contribution < 1.29 is 18.3 Å². The topological polar surface area (TPSA) is 82.8 Å². The molecule has 0 radical (unpaired) electrons. The second-order valence-corrected chi connectivity index (χ2v) is 9.28. The van der Waals surface area contributed by atoms with Crippen LogP contribution >= 0.6 is 0 Å². The van der Waals surface area contributed by atoms with E-state index in [2.05, 4.69) is 20.3 Å². The van der Waals surface area contributed by atoms with Crippen molar-refractivity contribution in [1.29, 1.82) is 0 Å². The lowest BCUT2D eigenvalue weighted by Gasteiger charge is -2.30. The van der Waals surface area contributed by atoms with Crippen LogP contribution in [0.3, 0.4) is 0 Å². The SMILES string of the molecule is CC(C)(C)OC(=O)N[C@](C)(Cc1c[nH]c2cc(F)ccc12)c1nc(-c2ccc(F)cc2)c[nH]1. The molecule has 0 aliphatic heterocycles. The summed E-state index contributed by atoms with van der Waals surface area (Å²) < 4.78 is 32.5. The number of nitrogens with zero attached hydrogens (tertiary/aromatic N) is 1. The van der Waals surface area contributed by atoms with Crippen LogP contribution in [0.25, 0.3) is 22.2 Å². The average molecular weight is 453 g/mol. The first kappa shape index (κ1) is 22.5. The number of amides is 1. The van der Waals surface area contributed by atoms with Crippen molar-refractivity contribution in [3.05, 3.63) is 77.9 Å². The molecule has 0 fully saturated rings. The molecular weight excluding hydrogens is 426 g/mol. The Bertz CT molecular complexity index is 1290. The van der Waals surface area contributed by atoms with E-state index < -0.39 is 17.2 Å². The smallest absolute Gasteiger partial charge is 0.408 e. The summed E-state index contributed by atoms with van der Waals surface area (Å²) in [4.78, 5) is 23.6. The summed E-state index contributed by atoms with van der Waals surface area (Å²) in [7, 11) is 0. The van der Waals surface area contributed by atoms with Crippen LogP contribution < -0.4 is 5.32 Å². The van der Waals surface area contributed by atoms with Crippen molar-refractivity contribution in [3.8, 4) is 11.3 Å². The molecule has 0 saturated carbocycles. The van der Waals surface area contributed by atoms with Crippen molar-refractivity contribution in [1.82, 2.24) is 20.3 Å². The molecule has 8 heteroatoms. The van der Waals surface area contributed by atoms with Gasteiger partial charge in [0.2, 0.25) is 0 Å². The van der Waals surface area contributed by atoms with Gasteiger partial charge in [0.25, 0.3) is 0 Å². The van der Waals surface area contributed by atoms with Gasteiger partial charge >= 0.3 is 6.09 Å². The minimum atomic E-state index is -0.982. The molecule has 33 heavy (non-hydrogen) atoms. The molecule has 1 atom stereocenters. The molecule has 0 bridgehead atoms. The highest BCUT2D eigenvalue weighted by Gasteiger charge is 2.35. The van der Waals surface area contributed by atoms with Crippen LogP contribution in [-0.4, -0.2) is 26.6 Å². The second kappa shape index (κ2) is 8.35. The van der Waals surface area contributed by atoms with E-state index in [9.17, 15) is 13.6 Å². The minimum Gasteiger partial charge on any atom is -0.444 e. The maximum Gasteiger partial charge on any atom is 0.408 e. The largest absolute Gasteiger partial charge is 0.444 e. The molecule has 4 aromatic rings. The maximum absolute atomic E-state index is 13.6. The Morgan fingerprint density at radius 2 is 1.70 bits per heavy atom. The van der Waals surface area contributed by atoms with Crippen LogP contribution in [0, 0.1) is 11.6 Å². The summed E-state index contributed by atoms with van der Waals surface area (Å²) in [6.07, 6.45) is 3.27. The van der Waals surface area contributed by atoms with E-state index in [0.717, 1.165) is 16.5 Å². The fourth-order valence-corrected chi connectivity index (χ4v) is 3.77. The highest BCUT2D eigenvalue weighted by atomic mass is 19.1. The van der Waals surface area contributed by atoms with Crippen LogP contribution in [0.1, 0.15) is 39.1 Å². The van der Waals surface area contributed by atoms with E-state index in [4.69, 9.17) is 4.74 Å². The number of H-pyrrole nitrogens is 2. The van der Waals surface area contributed by atoms with Gasteiger partial charge < -0.3 is 20.0 Å². The summed E-state index contributed by atoms with van der Waals surface area (Å²) in [6.45, 7) is 7.21. The Morgan fingerprint density at radius 1 is 1.00 bits per heavy atom. The Morgan fingerprint density at radius 3 is 2.39 bits per heavy atom. The van der Waals surface area contributed by atoms with Gasteiger partial charge in [-0.15, -0.1) is 0 Å². The number of rotatable bonds is 5. The number of aromatic amines is 2. The number of fused-ring (bicyclic) bond motifs is 1. The summed E-state index contributed by atoms with van der Waals surface area (Å²) in [6, 6.07) is 10.6. The summed E-state index contributed by atoms with van der Waals surface area (Å²) in [5.41, 5.74) is 1.24. The molecule has 3 N–H and O–H groups in total. The lowest BCUT2D eigenvalue weighted by Crippen LogP contribution is -2.48. The van der Waals surface area contributed by atoms with E-state index >= 15 is 0 Å². The van der Waals surface area contributed by atoms with E-state index in [1.54, 1.807) is 51.4 Å². The molecule has 0 aliphatic carbocycles. The predicted molar refractivity (Wildman–Crippen MR) is 123 cm³/mol. The number of imidazole rings is 1. The van der Waals surface area contributed by atoms with Gasteiger partial charge in [-0.05, 0) is 75.7 Å². The van der Waals surface area contributed by atoms with Crippen LogP contribution in [-0.2, 0) is 16.7 Å². The number of alkyl carbamates (subject to hydrolysis) is 1. The zero-order chi connectivity index (χ0) is 23.8. The first-order valence-corrected chi connectivity index (χ1v) is 10.6. The second-order valence-electron chi connectivity index (χ2n) is 9.28. The van der Waals surface area contributed by atoms with Crippen LogP contribution in [0.15, 0.2) is 54.9 Å². The fourth-order valence-electron chi connectivity index (χ4n) is 3.77. The van der Waals surface area contributed by atoms with E-state index in [-0.39, 0.29) is 11.6 Å². The lowest BCUT2D eigenvalue weighted by molar-refractivity contribution is 0.0456. The number of carbonyl (C=O) groups excluding carboxylic acids is 1. The number of hydrogen-bond acceptors (Lipinski definition) is 3. The average Bonchev–Trinajstić information content (AvgIpc) is 3.35. The van der Waals surface area contributed by atoms with Crippen LogP contribution in [0.5, 0.6) is 0 Å². The zero-order valence-corrected chi connectivity index (χ0v) is 18.9. The Hall–Kier alpha value is -3.68. The quantitative estimate of drug-likeness (QED) is 0.357. The third-order valence-corrected chi connectivity index (χ3v) is 5.29. The molecule has 4 rings (SSSR count). The molecule has 2 heterocycles. The number of hydrogen-bond donors (Lipinski definition) is 3. The monoisotopic (exact) mass is 452 g/mol. The van der Waals surface area contributed by atoms with Gasteiger partial charge in [0, 0.05) is 35.3 Å². The van der Waals surface area contributed by atoms with E-state index in [1.165, 1.54) is 24.3 Å². The van der Waals surface area contributed by atoms with Gasteiger partial charge in [-0.2, -0.15) is 0 Å². The summed E-state index contributed by atoms with van der Waals surface area (Å²) in [5, 5.41) is 3.80. The molecule has 0 aliphatic rings. The molecular formula is C25H26F2N4O2. The van der Waals surface area contributed by atoms with Gasteiger partial charge in [-0.1, -0.05) is 0 Å². The summed E-state index contributed by atoms with van der Waals surface area (Å²) >= 11 is 0. The van der Waals surface area contributed by atoms with Gasteiger partial charge in [-0.25, -0.2) is 18.6 Å². The van der Waals surface area contributed by atoms with Gasteiger partial charge in [0.15, 0.2) is 0 Å². The Balaban J connectivity index is 1.71. The Kier molecular flexibility index (Phi) is 5.69. The molecule has 1 amide bonds. The van der Waals surface area contributed by atoms with Gasteiger partial charge in [0.05, 0.1) is 5.69 Å². The van der Waals surface area contributed by atoms with Crippen LogP contribution in [0.4, 0.5) is 13.6 Å². The third-order valence-electron chi connectivity index (χ3n) is 5.29. The summed E-state index contributed by atoms with van der Waals surface area (Å²) in [5.74, 6) is -0.161. The minimum absolute atomic E-state index is 0.332. The molecule has 6 nitrogen and oxygen atoms in total. The van der Waals surface area contributed by atoms with Crippen molar-refractivity contribution in [2.24, 2.45) is 0 Å². The number of benzene rings is 2. The predicted octanol–water partition coefficient (Wildman–Crippen LogP) is 5.82. The fraction of sp³-hybridized carbons (Fsp3) is 0.280. The highest BCUT2D eigenvalue weighted by molar-refractivity contribution is 5.83. The normalized spacial score (nSPS) is 13.6.